The molecule has 1 fully saturated rings. The highest BCUT2D eigenvalue weighted by Crippen LogP contribution is 2.27. The highest BCUT2D eigenvalue weighted by atomic mass is 16.2. The van der Waals surface area contributed by atoms with Crippen molar-refractivity contribution in [1.29, 1.82) is 0 Å². The molecule has 0 spiro atoms. The molecule has 18 heavy (non-hydrogen) atoms. The summed E-state index contributed by atoms with van der Waals surface area (Å²) in [5.74, 6) is 0.234. The van der Waals surface area contributed by atoms with Gasteiger partial charge in [0.15, 0.2) is 0 Å². The number of carbonyl (C=O) groups is 1. The van der Waals surface area contributed by atoms with Crippen LogP contribution in [0.2, 0.25) is 0 Å². The summed E-state index contributed by atoms with van der Waals surface area (Å²) < 4.78 is 0. The van der Waals surface area contributed by atoms with E-state index in [1.54, 1.807) is 0 Å². The van der Waals surface area contributed by atoms with Crippen molar-refractivity contribution in [3.8, 4) is 0 Å². The van der Waals surface area contributed by atoms with E-state index in [0.29, 0.717) is 0 Å². The van der Waals surface area contributed by atoms with Crippen LogP contribution in [0.15, 0.2) is 30.3 Å². The highest BCUT2D eigenvalue weighted by Gasteiger charge is 2.33. The van der Waals surface area contributed by atoms with Gasteiger partial charge in [-0.1, -0.05) is 51.1 Å². The minimum Gasteiger partial charge on any atom is -0.333 e. The minimum absolute atomic E-state index is 0.159. The first-order chi connectivity index (χ1) is 8.50. The maximum atomic E-state index is 12.5. The molecule has 0 bridgehead atoms. The van der Waals surface area contributed by atoms with Crippen LogP contribution in [0.3, 0.4) is 0 Å². The Kier molecular flexibility index (Phi) is 3.71. The molecule has 1 aromatic carbocycles. The van der Waals surface area contributed by atoms with Crippen molar-refractivity contribution in [2.75, 3.05) is 19.6 Å². The Bertz CT molecular complexity index is 408. The first kappa shape index (κ1) is 13.1. The lowest BCUT2D eigenvalue weighted by atomic mass is 9.92. The van der Waals surface area contributed by atoms with Gasteiger partial charge in [0.25, 0.3) is 0 Å². The monoisotopic (exact) mass is 246 g/mol. The third kappa shape index (κ3) is 2.72. The van der Waals surface area contributed by atoms with Gasteiger partial charge in [0.1, 0.15) is 0 Å². The average Bonchev–Trinajstić information content (AvgIpc) is 2.38. The molecular weight excluding hydrogens is 224 g/mol. The molecule has 0 aromatic heterocycles. The van der Waals surface area contributed by atoms with E-state index in [1.165, 1.54) is 5.56 Å². The van der Waals surface area contributed by atoms with Gasteiger partial charge in [0.2, 0.25) is 5.91 Å². The van der Waals surface area contributed by atoms with Crippen molar-refractivity contribution in [1.82, 2.24) is 10.2 Å². The second kappa shape index (κ2) is 5.11. The summed E-state index contributed by atoms with van der Waals surface area (Å²) in [4.78, 5) is 14.5. The van der Waals surface area contributed by atoms with Crippen molar-refractivity contribution >= 4 is 5.91 Å². The summed E-state index contributed by atoms with van der Waals surface area (Å²) >= 11 is 0. The van der Waals surface area contributed by atoms with E-state index in [4.69, 9.17) is 0 Å². The highest BCUT2D eigenvalue weighted by molar-refractivity contribution is 5.82. The Balaban J connectivity index is 2.24. The van der Waals surface area contributed by atoms with Gasteiger partial charge < -0.3 is 10.2 Å². The van der Waals surface area contributed by atoms with Gasteiger partial charge in [-0.3, -0.25) is 4.79 Å². The van der Waals surface area contributed by atoms with E-state index in [1.807, 2.05) is 43.9 Å². The molecular formula is C15H22N2O. The molecule has 1 aliphatic rings. The lowest BCUT2D eigenvalue weighted by Gasteiger charge is -2.39. The van der Waals surface area contributed by atoms with Crippen molar-refractivity contribution in [2.45, 2.75) is 26.8 Å². The molecule has 3 heteroatoms. The summed E-state index contributed by atoms with van der Waals surface area (Å²) in [6.07, 6.45) is 0. The lowest BCUT2D eigenvalue weighted by molar-refractivity contribution is -0.143. The Morgan fingerprint density at radius 1 is 1.28 bits per heavy atom. The predicted octanol–water partition coefficient (Wildman–Crippen LogP) is 2.21. The topological polar surface area (TPSA) is 32.3 Å². The molecule has 98 valence electrons. The molecule has 1 atom stereocenters. The van der Waals surface area contributed by atoms with Gasteiger partial charge in [-0.25, -0.2) is 0 Å². The second-order valence-corrected chi connectivity index (χ2v) is 5.88. The fourth-order valence-electron chi connectivity index (χ4n) is 2.35. The van der Waals surface area contributed by atoms with Crippen molar-refractivity contribution in [3.05, 3.63) is 35.9 Å². The molecule has 3 nitrogen and oxygen atoms in total. The fraction of sp³-hybridized carbons (Fsp3) is 0.533. The molecule has 0 unspecified atom stereocenters. The van der Waals surface area contributed by atoms with Crippen LogP contribution in [0.5, 0.6) is 0 Å². The zero-order valence-electron chi connectivity index (χ0n) is 11.4. The van der Waals surface area contributed by atoms with Gasteiger partial charge in [-0.15, -0.1) is 0 Å². The standard InChI is InChI=1S/C15H22N2O/c1-15(2,3)14(18)17-10-9-16-11-13(17)12-7-5-4-6-8-12/h4-8,13,16H,9-11H2,1-3H3/t13-/m0/s1. The van der Waals surface area contributed by atoms with E-state index in [-0.39, 0.29) is 17.4 Å². The van der Waals surface area contributed by atoms with Crippen LogP contribution in [0.25, 0.3) is 0 Å². The van der Waals surface area contributed by atoms with Crippen LogP contribution in [0, 0.1) is 5.41 Å². The molecule has 1 saturated heterocycles. The number of nitrogens with zero attached hydrogens (tertiary/aromatic N) is 1. The second-order valence-electron chi connectivity index (χ2n) is 5.88. The van der Waals surface area contributed by atoms with Gasteiger partial charge in [0, 0.05) is 25.0 Å². The van der Waals surface area contributed by atoms with Crippen molar-refractivity contribution in [3.63, 3.8) is 0 Å². The number of benzene rings is 1. The van der Waals surface area contributed by atoms with Crippen LogP contribution in [-0.2, 0) is 4.79 Å². The Morgan fingerprint density at radius 2 is 1.94 bits per heavy atom. The van der Waals surface area contributed by atoms with Crippen molar-refractivity contribution in [2.24, 2.45) is 5.41 Å². The molecule has 1 N–H and O–H groups in total. The van der Waals surface area contributed by atoms with Crippen LogP contribution in [-0.4, -0.2) is 30.4 Å². The molecule has 2 rings (SSSR count). The SMILES string of the molecule is CC(C)(C)C(=O)N1CCNC[C@H]1c1ccccc1. The first-order valence-corrected chi connectivity index (χ1v) is 6.57. The molecule has 1 amide bonds. The van der Waals surface area contributed by atoms with Gasteiger partial charge in [0.05, 0.1) is 6.04 Å². The number of hydrogen-bond donors (Lipinski definition) is 1. The van der Waals surface area contributed by atoms with Crippen LogP contribution in [0.4, 0.5) is 0 Å². The smallest absolute Gasteiger partial charge is 0.228 e. The normalized spacial score (nSPS) is 20.8. The number of nitrogens with one attached hydrogen (secondary N) is 1. The summed E-state index contributed by atoms with van der Waals surface area (Å²) in [5, 5.41) is 3.38. The quantitative estimate of drug-likeness (QED) is 0.824. The van der Waals surface area contributed by atoms with Crippen LogP contribution >= 0.6 is 0 Å². The summed E-state index contributed by atoms with van der Waals surface area (Å²) in [6, 6.07) is 10.4. The molecule has 0 aliphatic carbocycles. The molecule has 0 saturated carbocycles. The number of piperazine rings is 1. The number of rotatable bonds is 1. The largest absolute Gasteiger partial charge is 0.333 e. The van der Waals surface area contributed by atoms with Gasteiger partial charge >= 0.3 is 0 Å². The fourth-order valence-corrected chi connectivity index (χ4v) is 2.35. The number of amides is 1. The van der Waals surface area contributed by atoms with E-state index in [2.05, 4.69) is 17.4 Å². The third-order valence-corrected chi connectivity index (χ3v) is 3.33. The summed E-state index contributed by atoms with van der Waals surface area (Å²) in [6.45, 7) is 8.46. The number of carbonyl (C=O) groups excluding carboxylic acids is 1. The minimum atomic E-state index is -0.315. The van der Waals surface area contributed by atoms with Gasteiger partial charge in [-0.05, 0) is 5.56 Å². The molecule has 1 heterocycles. The Labute approximate surface area is 109 Å². The van der Waals surface area contributed by atoms with E-state index in [0.717, 1.165) is 19.6 Å². The van der Waals surface area contributed by atoms with Crippen LogP contribution < -0.4 is 5.32 Å². The molecule has 1 aromatic rings. The van der Waals surface area contributed by atoms with Gasteiger partial charge in [-0.2, -0.15) is 0 Å². The summed E-state index contributed by atoms with van der Waals surface area (Å²) in [7, 11) is 0. The molecule has 1 aliphatic heterocycles. The predicted molar refractivity (Wildman–Crippen MR) is 73.2 cm³/mol. The third-order valence-electron chi connectivity index (χ3n) is 3.33. The number of hydrogen-bond acceptors (Lipinski definition) is 2. The maximum Gasteiger partial charge on any atom is 0.228 e. The van der Waals surface area contributed by atoms with E-state index >= 15 is 0 Å². The van der Waals surface area contributed by atoms with Crippen molar-refractivity contribution < 1.29 is 4.79 Å². The zero-order chi connectivity index (χ0) is 13.2. The Hall–Kier alpha value is -1.35. The lowest BCUT2D eigenvalue weighted by Crippen LogP contribution is -2.51. The van der Waals surface area contributed by atoms with E-state index in [9.17, 15) is 4.79 Å². The summed E-state index contributed by atoms with van der Waals surface area (Å²) in [5.41, 5.74) is 0.895. The van der Waals surface area contributed by atoms with E-state index < -0.39 is 0 Å². The van der Waals surface area contributed by atoms with Crippen LogP contribution in [0.1, 0.15) is 32.4 Å². The first-order valence-electron chi connectivity index (χ1n) is 6.57. The maximum absolute atomic E-state index is 12.5. The average molecular weight is 246 g/mol. The zero-order valence-corrected chi connectivity index (χ0v) is 11.4. The Morgan fingerprint density at radius 3 is 2.56 bits per heavy atom. The molecule has 0 radical (unpaired) electrons.